The first-order chi connectivity index (χ1) is 8.84. The van der Waals surface area contributed by atoms with E-state index in [1.54, 1.807) is 0 Å². The van der Waals surface area contributed by atoms with E-state index in [0.717, 1.165) is 17.2 Å². The van der Waals surface area contributed by atoms with Crippen LogP contribution in [0.1, 0.15) is 72.6 Å². The fraction of sp³-hybridized carbons (Fsp3) is 1.00. The second-order valence-electron chi connectivity index (χ2n) is 8.17. The van der Waals surface area contributed by atoms with Crippen molar-refractivity contribution in [1.29, 1.82) is 0 Å². The molecule has 4 atom stereocenters. The van der Waals surface area contributed by atoms with Gasteiger partial charge in [0.05, 0.1) is 11.7 Å². The Hall–Kier alpha value is 0.440. The lowest BCUT2D eigenvalue weighted by Gasteiger charge is -2.46. The molecule has 0 N–H and O–H groups in total. The molecule has 4 unspecified atom stereocenters. The molecule has 2 heteroatoms. The van der Waals surface area contributed by atoms with E-state index in [4.69, 9.17) is 4.74 Å². The summed E-state index contributed by atoms with van der Waals surface area (Å²) in [5.41, 5.74) is 0.575. The molecule has 0 bridgehead atoms. The van der Waals surface area contributed by atoms with Crippen molar-refractivity contribution in [2.75, 3.05) is 5.33 Å². The molecule has 0 amide bonds. The van der Waals surface area contributed by atoms with E-state index >= 15 is 0 Å². The van der Waals surface area contributed by atoms with E-state index in [-0.39, 0.29) is 5.60 Å². The summed E-state index contributed by atoms with van der Waals surface area (Å²) < 4.78 is 6.70. The van der Waals surface area contributed by atoms with Crippen LogP contribution in [0.2, 0.25) is 0 Å². The van der Waals surface area contributed by atoms with Crippen LogP contribution in [-0.2, 0) is 4.74 Å². The van der Waals surface area contributed by atoms with Crippen LogP contribution in [-0.4, -0.2) is 17.0 Å². The van der Waals surface area contributed by atoms with Gasteiger partial charge in [0.1, 0.15) is 0 Å². The van der Waals surface area contributed by atoms with Gasteiger partial charge in [0, 0.05) is 5.33 Å². The van der Waals surface area contributed by atoms with Gasteiger partial charge in [0.25, 0.3) is 0 Å². The minimum absolute atomic E-state index is 0.121. The molecule has 0 saturated heterocycles. The fourth-order valence-corrected chi connectivity index (χ4v) is 5.22. The lowest BCUT2D eigenvalue weighted by molar-refractivity contribution is -0.135. The van der Waals surface area contributed by atoms with Gasteiger partial charge in [-0.2, -0.15) is 0 Å². The SMILES string of the molecule is CC1CC(OC2(CBr)CCCC(C)C2)CC(C)(C)C1. The van der Waals surface area contributed by atoms with E-state index in [9.17, 15) is 0 Å². The maximum Gasteiger partial charge on any atom is 0.0785 e. The van der Waals surface area contributed by atoms with E-state index in [1.165, 1.54) is 44.9 Å². The molecule has 2 fully saturated rings. The predicted molar refractivity (Wildman–Crippen MR) is 85.8 cm³/mol. The van der Waals surface area contributed by atoms with E-state index in [1.807, 2.05) is 0 Å². The fourth-order valence-electron chi connectivity index (χ4n) is 4.57. The maximum atomic E-state index is 6.70. The molecule has 19 heavy (non-hydrogen) atoms. The molecule has 2 aliphatic carbocycles. The van der Waals surface area contributed by atoms with Crippen molar-refractivity contribution < 1.29 is 4.74 Å². The molecule has 0 radical (unpaired) electrons. The second-order valence-corrected chi connectivity index (χ2v) is 8.73. The minimum Gasteiger partial charge on any atom is -0.371 e. The van der Waals surface area contributed by atoms with Crippen molar-refractivity contribution in [3.8, 4) is 0 Å². The zero-order valence-corrected chi connectivity index (χ0v) is 14.8. The van der Waals surface area contributed by atoms with Gasteiger partial charge in [-0.15, -0.1) is 0 Å². The van der Waals surface area contributed by atoms with E-state index in [0.29, 0.717) is 11.5 Å². The number of halogens is 1. The van der Waals surface area contributed by atoms with Gasteiger partial charge in [-0.25, -0.2) is 0 Å². The molecular weight excluding hydrogens is 300 g/mol. The third-order valence-corrected chi connectivity index (χ3v) is 6.08. The second kappa shape index (κ2) is 6.05. The topological polar surface area (TPSA) is 9.23 Å². The number of alkyl halides is 1. The van der Waals surface area contributed by atoms with Crippen LogP contribution in [0.5, 0.6) is 0 Å². The molecular formula is C17H31BrO. The highest BCUT2D eigenvalue weighted by atomic mass is 79.9. The van der Waals surface area contributed by atoms with Crippen LogP contribution in [0.25, 0.3) is 0 Å². The molecule has 0 aromatic rings. The van der Waals surface area contributed by atoms with Crippen LogP contribution in [0.3, 0.4) is 0 Å². The summed E-state index contributed by atoms with van der Waals surface area (Å²) >= 11 is 3.74. The van der Waals surface area contributed by atoms with Crippen molar-refractivity contribution in [1.82, 2.24) is 0 Å². The highest BCUT2D eigenvalue weighted by molar-refractivity contribution is 9.09. The van der Waals surface area contributed by atoms with Gasteiger partial charge in [-0.05, 0) is 49.4 Å². The Morgan fingerprint density at radius 3 is 2.42 bits per heavy atom. The van der Waals surface area contributed by atoms with Crippen molar-refractivity contribution in [2.45, 2.75) is 84.3 Å². The maximum absolute atomic E-state index is 6.70. The molecule has 0 spiro atoms. The molecule has 112 valence electrons. The Kier molecular flexibility index (Phi) is 5.04. The van der Waals surface area contributed by atoms with Crippen LogP contribution in [0, 0.1) is 17.3 Å². The highest BCUT2D eigenvalue weighted by Crippen LogP contribution is 2.44. The highest BCUT2D eigenvalue weighted by Gasteiger charge is 2.40. The lowest BCUT2D eigenvalue weighted by Crippen LogP contribution is -2.45. The Morgan fingerprint density at radius 1 is 1.11 bits per heavy atom. The summed E-state index contributed by atoms with van der Waals surface area (Å²) in [5, 5.41) is 1.01. The molecule has 0 aromatic carbocycles. The Morgan fingerprint density at radius 2 is 1.84 bits per heavy atom. The molecule has 0 aliphatic heterocycles. The summed E-state index contributed by atoms with van der Waals surface area (Å²) in [6, 6.07) is 0. The largest absolute Gasteiger partial charge is 0.371 e. The van der Waals surface area contributed by atoms with Gasteiger partial charge in [-0.1, -0.05) is 56.5 Å². The zero-order chi connectivity index (χ0) is 14.1. The quantitative estimate of drug-likeness (QED) is 0.615. The number of hydrogen-bond acceptors (Lipinski definition) is 1. The van der Waals surface area contributed by atoms with Gasteiger partial charge < -0.3 is 4.74 Å². The van der Waals surface area contributed by atoms with Gasteiger partial charge >= 0.3 is 0 Å². The van der Waals surface area contributed by atoms with Crippen molar-refractivity contribution in [3.63, 3.8) is 0 Å². The average Bonchev–Trinajstić information content (AvgIpc) is 2.25. The third-order valence-electron chi connectivity index (χ3n) is 5.06. The molecule has 0 heterocycles. The van der Waals surface area contributed by atoms with E-state index < -0.39 is 0 Å². The first kappa shape index (κ1) is 15.8. The van der Waals surface area contributed by atoms with Gasteiger partial charge in [-0.3, -0.25) is 0 Å². The van der Waals surface area contributed by atoms with Crippen LogP contribution in [0.15, 0.2) is 0 Å². The number of hydrogen-bond donors (Lipinski definition) is 0. The summed E-state index contributed by atoms with van der Waals surface area (Å²) in [7, 11) is 0. The number of rotatable bonds is 3. The first-order valence-corrected chi connectivity index (χ1v) is 9.20. The van der Waals surface area contributed by atoms with Crippen molar-refractivity contribution >= 4 is 15.9 Å². The molecule has 1 nitrogen and oxygen atoms in total. The molecule has 2 aliphatic rings. The van der Waals surface area contributed by atoms with E-state index in [2.05, 4.69) is 43.6 Å². The Labute approximate surface area is 128 Å². The standard InChI is InChI=1S/C17H31BrO/c1-13-6-5-7-17(10-13,12-18)19-15-8-14(2)9-16(3,4)11-15/h13-15H,5-12H2,1-4H3. The van der Waals surface area contributed by atoms with Gasteiger partial charge in [0.15, 0.2) is 0 Å². The summed E-state index contributed by atoms with van der Waals surface area (Å²) in [6.07, 6.45) is 9.51. The van der Waals surface area contributed by atoms with Crippen molar-refractivity contribution in [3.05, 3.63) is 0 Å². The van der Waals surface area contributed by atoms with Crippen LogP contribution >= 0.6 is 15.9 Å². The zero-order valence-electron chi connectivity index (χ0n) is 13.2. The first-order valence-electron chi connectivity index (χ1n) is 8.08. The number of ether oxygens (including phenoxy) is 1. The van der Waals surface area contributed by atoms with Crippen molar-refractivity contribution in [2.24, 2.45) is 17.3 Å². The molecule has 2 saturated carbocycles. The Bertz CT molecular complexity index is 302. The third kappa shape index (κ3) is 4.20. The van der Waals surface area contributed by atoms with Gasteiger partial charge in [0.2, 0.25) is 0 Å². The van der Waals surface area contributed by atoms with Crippen LogP contribution < -0.4 is 0 Å². The lowest BCUT2D eigenvalue weighted by atomic mass is 9.71. The van der Waals surface area contributed by atoms with Crippen LogP contribution in [0.4, 0.5) is 0 Å². The smallest absolute Gasteiger partial charge is 0.0785 e. The predicted octanol–water partition coefficient (Wildman–Crippen LogP) is 5.56. The molecule has 2 rings (SSSR count). The minimum atomic E-state index is 0.121. The summed E-state index contributed by atoms with van der Waals surface area (Å²) in [5.74, 6) is 1.63. The summed E-state index contributed by atoms with van der Waals surface area (Å²) in [6.45, 7) is 9.58. The average molecular weight is 331 g/mol. The summed E-state index contributed by atoms with van der Waals surface area (Å²) in [4.78, 5) is 0. The normalized spacial score (nSPS) is 43.1. The monoisotopic (exact) mass is 330 g/mol. The Balaban J connectivity index is 2.01. The molecule has 0 aromatic heterocycles.